The van der Waals surface area contributed by atoms with E-state index in [2.05, 4.69) is 0 Å². The predicted octanol–water partition coefficient (Wildman–Crippen LogP) is 4.39. The van der Waals surface area contributed by atoms with Crippen molar-refractivity contribution in [2.24, 2.45) is 11.8 Å². The molecule has 0 saturated carbocycles. The van der Waals surface area contributed by atoms with Gasteiger partial charge in [-0.1, -0.05) is 72.8 Å². The molecule has 4 aliphatic rings. The first kappa shape index (κ1) is 31.8. The van der Waals surface area contributed by atoms with E-state index >= 15 is 4.79 Å². The van der Waals surface area contributed by atoms with Crippen LogP contribution in [0.25, 0.3) is 0 Å². The van der Waals surface area contributed by atoms with E-state index in [0.29, 0.717) is 31.0 Å². The maximum atomic E-state index is 15.0. The highest BCUT2D eigenvalue weighted by Crippen LogP contribution is 2.54. The summed E-state index contributed by atoms with van der Waals surface area (Å²) in [5.41, 5.74) is 2.84. The van der Waals surface area contributed by atoms with Gasteiger partial charge in [0.05, 0.1) is 37.2 Å². The molecule has 0 aliphatic carbocycles. The lowest BCUT2D eigenvalue weighted by molar-refractivity contribution is -0.144. The monoisotopic (exact) mass is 647 g/mol. The smallest absolute Gasteiger partial charge is 0.253 e. The molecule has 0 bridgehead atoms. The maximum Gasteiger partial charge on any atom is 0.253 e. The van der Waals surface area contributed by atoms with Gasteiger partial charge in [-0.15, -0.1) is 0 Å². The van der Waals surface area contributed by atoms with Crippen molar-refractivity contribution in [2.45, 2.75) is 51.0 Å². The molecule has 9 heteroatoms. The second-order valence-electron chi connectivity index (χ2n) is 13.0. The first-order valence-corrected chi connectivity index (χ1v) is 16.7. The molecule has 1 spiro atoms. The van der Waals surface area contributed by atoms with Gasteiger partial charge in [0.15, 0.2) is 0 Å². The first-order chi connectivity index (χ1) is 23.3. The highest BCUT2D eigenvalue weighted by atomic mass is 16.5. The number of aliphatic hydroxyl groups excluding tert-OH is 1. The number of aliphatic hydroxyl groups is 1. The quantitative estimate of drug-likeness (QED) is 0.364. The number of ether oxygens (including phenoxy) is 2. The molecule has 6 atom stereocenters. The van der Waals surface area contributed by atoms with Crippen molar-refractivity contribution in [1.29, 1.82) is 0 Å². The number of nitrogens with zero attached hydrogens (tertiary/aromatic N) is 3. The first-order valence-electron chi connectivity index (χ1n) is 16.7. The molecule has 3 aromatic rings. The van der Waals surface area contributed by atoms with E-state index in [4.69, 9.17) is 9.47 Å². The van der Waals surface area contributed by atoms with Crippen LogP contribution in [0.3, 0.4) is 0 Å². The summed E-state index contributed by atoms with van der Waals surface area (Å²) in [6.07, 6.45) is 7.12. The predicted molar refractivity (Wildman–Crippen MR) is 183 cm³/mol. The van der Waals surface area contributed by atoms with E-state index < -0.39 is 35.6 Å². The zero-order chi connectivity index (χ0) is 33.6. The molecule has 48 heavy (non-hydrogen) atoms. The molecule has 0 radical (unpaired) electrons. The minimum atomic E-state index is -1.42. The van der Waals surface area contributed by atoms with Crippen LogP contribution in [0.2, 0.25) is 0 Å². The Morgan fingerprint density at radius 3 is 2.27 bits per heavy atom. The van der Waals surface area contributed by atoms with Crippen molar-refractivity contribution in [3.05, 3.63) is 114 Å². The van der Waals surface area contributed by atoms with Gasteiger partial charge in [0.25, 0.3) is 5.91 Å². The summed E-state index contributed by atoms with van der Waals surface area (Å²) in [5.74, 6) is -2.06. The summed E-state index contributed by atoms with van der Waals surface area (Å²) in [6.45, 7) is 6.61. The third-order valence-electron chi connectivity index (χ3n) is 10.2. The Morgan fingerprint density at radius 2 is 1.58 bits per heavy atom. The van der Waals surface area contributed by atoms with Crippen molar-refractivity contribution in [3.63, 3.8) is 0 Å². The number of amides is 3. The number of rotatable bonds is 8. The second kappa shape index (κ2) is 12.7. The Bertz CT molecular complexity index is 1750. The summed E-state index contributed by atoms with van der Waals surface area (Å²) >= 11 is 0. The Morgan fingerprint density at radius 1 is 0.875 bits per heavy atom. The molecule has 2 saturated heterocycles. The lowest BCUT2D eigenvalue weighted by atomic mass is 9.77. The third-order valence-corrected chi connectivity index (χ3v) is 10.2. The van der Waals surface area contributed by atoms with Crippen molar-refractivity contribution >= 4 is 29.1 Å². The largest absolute Gasteiger partial charge is 0.494 e. The number of likely N-dealkylation sites (tertiary alicyclic amines) is 1. The third kappa shape index (κ3) is 5.13. The average molecular weight is 648 g/mol. The van der Waals surface area contributed by atoms with Crippen LogP contribution >= 0.6 is 0 Å². The van der Waals surface area contributed by atoms with Crippen LogP contribution in [0.4, 0.5) is 11.4 Å². The molecular formula is C39H41N3O6. The van der Waals surface area contributed by atoms with Crippen LogP contribution in [0.5, 0.6) is 5.75 Å². The molecule has 2 fully saturated rings. The van der Waals surface area contributed by atoms with Crippen molar-refractivity contribution < 1.29 is 29.0 Å². The van der Waals surface area contributed by atoms with E-state index in [1.807, 2.05) is 118 Å². The van der Waals surface area contributed by atoms with Crippen LogP contribution in [0.1, 0.15) is 23.6 Å². The minimum Gasteiger partial charge on any atom is -0.494 e. The molecule has 1 unspecified atom stereocenters. The highest BCUT2D eigenvalue weighted by Gasteiger charge is 2.72. The molecule has 4 heterocycles. The van der Waals surface area contributed by atoms with E-state index in [-0.39, 0.29) is 30.9 Å². The number of hydrogen-bond donors (Lipinski definition) is 1. The fourth-order valence-electron chi connectivity index (χ4n) is 8.16. The summed E-state index contributed by atoms with van der Waals surface area (Å²) in [7, 11) is 0. The van der Waals surface area contributed by atoms with Gasteiger partial charge < -0.3 is 29.3 Å². The van der Waals surface area contributed by atoms with Gasteiger partial charge in [0.2, 0.25) is 11.8 Å². The van der Waals surface area contributed by atoms with Crippen molar-refractivity contribution in [1.82, 2.24) is 4.90 Å². The van der Waals surface area contributed by atoms with E-state index in [9.17, 15) is 14.7 Å². The van der Waals surface area contributed by atoms with E-state index in [0.717, 1.165) is 22.4 Å². The minimum absolute atomic E-state index is 0.245. The Kier molecular flexibility index (Phi) is 8.43. The number of fused-ring (bicyclic) bond motifs is 2. The van der Waals surface area contributed by atoms with Gasteiger partial charge in [0.1, 0.15) is 17.4 Å². The Balaban J connectivity index is 1.33. The summed E-state index contributed by atoms with van der Waals surface area (Å²) in [6, 6.07) is 21.0. The maximum absolute atomic E-state index is 15.0. The molecule has 3 aromatic carbocycles. The normalized spacial score (nSPS) is 27.0. The van der Waals surface area contributed by atoms with Crippen LogP contribution in [-0.4, -0.2) is 77.8 Å². The molecule has 1 N–H and O–H groups in total. The summed E-state index contributed by atoms with van der Waals surface area (Å²) in [4.78, 5) is 49.5. The fourth-order valence-corrected chi connectivity index (χ4v) is 8.16. The van der Waals surface area contributed by atoms with Crippen LogP contribution in [0.15, 0.2) is 97.1 Å². The van der Waals surface area contributed by atoms with Crippen molar-refractivity contribution in [2.75, 3.05) is 36.1 Å². The molecule has 7 rings (SSSR count). The SMILES string of the molecule is CCOc1ccc(N2CC=C[C@@H]3O[C@]45C=CCN(c6c(C)cccc6C)C(=O)C4N([C@@H](CO)Cc4ccccc4)C(=O)[C@@H]5[C@@H]3C2=O)cc1. The van der Waals surface area contributed by atoms with Crippen LogP contribution in [-0.2, 0) is 25.5 Å². The van der Waals surface area contributed by atoms with Crippen molar-refractivity contribution in [3.8, 4) is 5.75 Å². The zero-order valence-corrected chi connectivity index (χ0v) is 27.5. The molecule has 4 aliphatic heterocycles. The topological polar surface area (TPSA) is 99.6 Å². The van der Waals surface area contributed by atoms with Gasteiger partial charge in [0, 0.05) is 24.5 Å². The van der Waals surface area contributed by atoms with Gasteiger partial charge in [-0.25, -0.2) is 0 Å². The molecule has 0 aromatic heterocycles. The Labute approximate surface area is 281 Å². The Hall–Kier alpha value is -4.73. The molecule has 248 valence electrons. The number of carbonyl (C=O) groups is 3. The number of hydrogen-bond acceptors (Lipinski definition) is 6. The van der Waals surface area contributed by atoms with Gasteiger partial charge in [-0.3, -0.25) is 14.4 Å². The van der Waals surface area contributed by atoms with E-state index in [1.54, 1.807) is 9.80 Å². The lowest BCUT2D eigenvalue weighted by Crippen LogP contribution is -2.58. The van der Waals surface area contributed by atoms with Gasteiger partial charge >= 0.3 is 0 Å². The standard InChI is InChI=1S/C39H41N3O6/c1-4-47-30-18-16-28(17-19-30)40-21-9-15-31-32(36(40)44)33-37(45)42(29(24-43)23-27-13-6-5-7-14-27)35-38(46)41(22-10-20-39(33,35)48-31)34-25(2)11-8-12-26(34)3/h5-20,29,31-33,35,43H,4,21-24H2,1-3H3/t29-,31+,32-,33+,35?,39+/m1/s1. The van der Waals surface area contributed by atoms with Crippen LogP contribution in [0, 0.1) is 25.7 Å². The summed E-state index contributed by atoms with van der Waals surface area (Å²) in [5, 5.41) is 10.9. The number of carbonyl (C=O) groups excluding carboxylic acids is 3. The number of anilines is 2. The number of para-hydroxylation sites is 1. The molecule has 3 amide bonds. The van der Waals surface area contributed by atoms with E-state index in [1.165, 1.54) is 4.90 Å². The second-order valence-corrected chi connectivity index (χ2v) is 13.0. The zero-order valence-electron chi connectivity index (χ0n) is 27.5. The summed E-state index contributed by atoms with van der Waals surface area (Å²) < 4.78 is 12.5. The lowest BCUT2D eigenvalue weighted by Gasteiger charge is -2.39. The average Bonchev–Trinajstić information content (AvgIpc) is 3.41. The molecule has 9 nitrogen and oxygen atoms in total. The molecular weight excluding hydrogens is 606 g/mol. The van der Waals surface area contributed by atoms with Gasteiger partial charge in [-0.05, 0) is 68.1 Å². The number of benzene rings is 3. The van der Waals surface area contributed by atoms with Crippen LogP contribution < -0.4 is 14.5 Å². The fraction of sp³-hybridized carbons (Fsp3) is 0.359. The highest BCUT2D eigenvalue weighted by molar-refractivity contribution is 6.08. The number of aryl methyl sites for hydroxylation is 2. The van der Waals surface area contributed by atoms with Gasteiger partial charge in [-0.2, -0.15) is 0 Å².